The molecule has 1 saturated heterocycles. The molecule has 1 unspecified atom stereocenters. The Kier molecular flexibility index (Phi) is 6.21. The van der Waals surface area contributed by atoms with E-state index in [0.29, 0.717) is 40.1 Å². The first-order valence-electron chi connectivity index (χ1n) is 10.6. The molecule has 0 spiro atoms. The van der Waals surface area contributed by atoms with Crippen LogP contribution in [0, 0.1) is 5.82 Å². The monoisotopic (exact) mass is 459 g/mol. The van der Waals surface area contributed by atoms with Crippen molar-refractivity contribution in [1.29, 1.82) is 0 Å². The summed E-state index contributed by atoms with van der Waals surface area (Å²) in [6.45, 7) is 3.20. The second-order valence-electron chi connectivity index (χ2n) is 7.88. The zero-order valence-electron chi connectivity index (χ0n) is 18.0. The second kappa shape index (κ2) is 8.91. The minimum absolute atomic E-state index is 0.0597. The average Bonchev–Trinajstić information content (AvgIpc) is 3.17. The molecule has 1 fully saturated rings. The van der Waals surface area contributed by atoms with Crippen LogP contribution in [-0.2, 0) is 10.0 Å². The topological polar surface area (TPSA) is 100 Å². The zero-order valence-corrected chi connectivity index (χ0v) is 18.8. The lowest BCUT2D eigenvalue weighted by atomic mass is 9.89. The number of rotatable bonds is 6. The third-order valence-electron chi connectivity index (χ3n) is 5.80. The number of furan rings is 1. The second-order valence-corrected chi connectivity index (χ2v) is 9.89. The highest BCUT2D eigenvalue weighted by Gasteiger charge is 2.27. The summed E-state index contributed by atoms with van der Waals surface area (Å²) in [7, 11) is -1.98. The Bertz CT molecular complexity index is 1250. The molecule has 1 aromatic heterocycles. The fourth-order valence-electron chi connectivity index (χ4n) is 4.10. The van der Waals surface area contributed by atoms with Crippen molar-refractivity contribution in [2.45, 2.75) is 25.7 Å². The Labute approximate surface area is 186 Å². The summed E-state index contributed by atoms with van der Waals surface area (Å²) in [4.78, 5) is 12.8. The number of nitrogens with one attached hydrogen (secondary N) is 3. The number of hydrogen-bond donors (Lipinski definition) is 3. The number of fused-ring (bicyclic) bond motifs is 1. The van der Waals surface area contributed by atoms with Crippen molar-refractivity contribution in [3.63, 3.8) is 0 Å². The van der Waals surface area contributed by atoms with Crippen LogP contribution in [0.25, 0.3) is 22.3 Å². The maximum absolute atomic E-state index is 13.5. The van der Waals surface area contributed by atoms with Gasteiger partial charge in [0.2, 0.25) is 10.0 Å². The number of piperidine rings is 1. The fourth-order valence-corrected chi connectivity index (χ4v) is 4.75. The molecular weight excluding hydrogens is 433 g/mol. The number of carbonyl (C=O) groups is 1. The predicted molar refractivity (Wildman–Crippen MR) is 123 cm³/mol. The maximum atomic E-state index is 13.5. The Morgan fingerprint density at radius 1 is 1.25 bits per heavy atom. The smallest absolute Gasteiger partial charge is 0.255 e. The van der Waals surface area contributed by atoms with Gasteiger partial charge in [-0.25, -0.2) is 12.8 Å². The van der Waals surface area contributed by atoms with Gasteiger partial charge in [-0.15, -0.1) is 0 Å². The van der Waals surface area contributed by atoms with Crippen LogP contribution >= 0.6 is 0 Å². The molecule has 9 heteroatoms. The van der Waals surface area contributed by atoms with Gasteiger partial charge < -0.3 is 15.1 Å². The lowest BCUT2D eigenvalue weighted by Crippen LogP contribution is -2.29. The molecule has 170 valence electrons. The minimum atomic E-state index is -3.52. The van der Waals surface area contributed by atoms with Crippen LogP contribution in [0.5, 0.6) is 0 Å². The molecule has 3 aromatic rings. The van der Waals surface area contributed by atoms with Crippen LogP contribution in [0.1, 0.15) is 41.6 Å². The molecule has 0 saturated carbocycles. The third-order valence-corrected chi connectivity index (χ3v) is 7.09. The third kappa shape index (κ3) is 4.35. The van der Waals surface area contributed by atoms with E-state index in [9.17, 15) is 17.6 Å². The van der Waals surface area contributed by atoms with Gasteiger partial charge in [0.25, 0.3) is 5.91 Å². The summed E-state index contributed by atoms with van der Waals surface area (Å²) < 4.78 is 46.9. The van der Waals surface area contributed by atoms with Gasteiger partial charge in [0.05, 0.1) is 17.0 Å². The van der Waals surface area contributed by atoms with Crippen LogP contribution in [0.3, 0.4) is 0 Å². The molecule has 3 N–H and O–H groups in total. The molecule has 2 aromatic carbocycles. The molecule has 4 rings (SSSR count). The molecule has 0 radical (unpaired) electrons. The molecule has 7 nitrogen and oxygen atoms in total. The van der Waals surface area contributed by atoms with Crippen molar-refractivity contribution in [2.24, 2.45) is 0 Å². The summed E-state index contributed by atoms with van der Waals surface area (Å²) in [5, 5.41) is 6.59. The maximum Gasteiger partial charge on any atom is 0.255 e. The highest BCUT2D eigenvalue weighted by Crippen LogP contribution is 2.40. The van der Waals surface area contributed by atoms with Crippen molar-refractivity contribution in [3.8, 4) is 11.3 Å². The van der Waals surface area contributed by atoms with E-state index in [1.165, 1.54) is 19.2 Å². The first-order chi connectivity index (χ1) is 15.3. The summed E-state index contributed by atoms with van der Waals surface area (Å²) in [6.07, 6.45) is 1.87. The van der Waals surface area contributed by atoms with Crippen LogP contribution in [0.15, 0.2) is 40.8 Å². The molecule has 32 heavy (non-hydrogen) atoms. The van der Waals surface area contributed by atoms with E-state index >= 15 is 0 Å². The van der Waals surface area contributed by atoms with Gasteiger partial charge in [-0.1, -0.05) is 0 Å². The highest BCUT2D eigenvalue weighted by atomic mass is 32.2. The SMILES string of the molecule is CCS(=O)(=O)Nc1cc2oc(-c3ccc(F)cc3)c(C(=O)NC)c2cc1C1CCCNC1. The fraction of sp³-hybridized carbons (Fsp3) is 0.348. The van der Waals surface area contributed by atoms with E-state index in [4.69, 9.17) is 4.42 Å². The van der Waals surface area contributed by atoms with E-state index in [1.807, 2.05) is 6.07 Å². The Morgan fingerprint density at radius 2 is 2.00 bits per heavy atom. The largest absolute Gasteiger partial charge is 0.455 e. The lowest BCUT2D eigenvalue weighted by Gasteiger charge is -2.25. The Hall–Kier alpha value is -2.91. The first-order valence-corrected chi connectivity index (χ1v) is 12.3. The number of sulfonamides is 1. The molecule has 1 amide bonds. The van der Waals surface area contributed by atoms with Gasteiger partial charge in [0, 0.05) is 30.6 Å². The van der Waals surface area contributed by atoms with Crippen molar-refractivity contribution < 1.29 is 22.0 Å². The number of benzene rings is 2. The Balaban J connectivity index is 1.96. The van der Waals surface area contributed by atoms with Gasteiger partial charge in [-0.3, -0.25) is 9.52 Å². The van der Waals surface area contributed by atoms with Crippen molar-refractivity contribution in [2.75, 3.05) is 30.6 Å². The average molecular weight is 460 g/mol. The summed E-state index contributed by atoms with van der Waals surface area (Å²) in [5.74, 6) is -0.394. The molecule has 0 bridgehead atoms. The van der Waals surface area contributed by atoms with Crippen LogP contribution in [0.2, 0.25) is 0 Å². The molecule has 2 heterocycles. The molecule has 0 aliphatic carbocycles. The summed E-state index contributed by atoms with van der Waals surface area (Å²) >= 11 is 0. The van der Waals surface area contributed by atoms with E-state index in [-0.39, 0.29) is 17.6 Å². The van der Waals surface area contributed by atoms with Gasteiger partial charge in [0.15, 0.2) is 0 Å². The first kappa shape index (κ1) is 22.3. The van der Waals surface area contributed by atoms with Gasteiger partial charge in [-0.05, 0) is 68.1 Å². The van der Waals surface area contributed by atoms with Crippen molar-refractivity contribution >= 4 is 32.6 Å². The van der Waals surface area contributed by atoms with Gasteiger partial charge in [0.1, 0.15) is 17.2 Å². The van der Waals surface area contributed by atoms with E-state index in [0.717, 1.165) is 24.9 Å². The molecule has 1 aliphatic heterocycles. The zero-order chi connectivity index (χ0) is 22.9. The van der Waals surface area contributed by atoms with Gasteiger partial charge in [-0.2, -0.15) is 0 Å². The molecule has 1 atom stereocenters. The van der Waals surface area contributed by atoms with Crippen molar-refractivity contribution in [3.05, 3.63) is 53.3 Å². The predicted octanol–water partition coefficient (Wildman–Crippen LogP) is 3.83. The molecular formula is C23H26FN3O4S. The Morgan fingerprint density at radius 3 is 2.62 bits per heavy atom. The number of halogens is 1. The van der Waals surface area contributed by atoms with Crippen LogP contribution < -0.4 is 15.4 Å². The molecule has 1 aliphatic rings. The number of carbonyl (C=O) groups excluding carboxylic acids is 1. The lowest BCUT2D eigenvalue weighted by molar-refractivity contribution is 0.0964. The van der Waals surface area contributed by atoms with E-state index in [2.05, 4.69) is 15.4 Å². The number of amides is 1. The van der Waals surface area contributed by atoms with Crippen LogP contribution in [0.4, 0.5) is 10.1 Å². The van der Waals surface area contributed by atoms with Crippen LogP contribution in [-0.4, -0.2) is 40.2 Å². The quantitative estimate of drug-likeness (QED) is 0.520. The van der Waals surface area contributed by atoms with E-state index in [1.54, 1.807) is 25.1 Å². The minimum Gasteiger partial charge on any atom is -0.455 e. The standard InChI is InChI=1S/C23H26FN3O4S/c1-3-32(29,30)27-19-12-20-18(11-17(19)15-5-4-10-26-13-15)21(23(28)25-2)22(31-20)14-6-8-16(24)9-7-14/h6-9,11-12,15,26-27H,3-5,10,13H2,1-2H3,(H,25,28). The normalized spacial score (nSPS) is 16.8. The van der Waals surface area contributed by atoms with Gasteiger partial charge >= 0.3 is 0 Å². The van der Waals surface area contributed by atoms with E-state index < -0.39 is 15.8 Å². The highest BCUT2D eigenvalue weighted by molar-refractivity contribution is 7.92. The number of anilines is 1. The summed E-state index contributed by atoms with van der Waals surface area (Å²) in [6, 6.07) is 9.19. The summed E-state index contributed by atoms with van der Waals surface area (Å²) in [5.41, 5.74) is 2.54. The van der Waals surface area contributed by atoms with Crippen molar-refractivity contribution in [1.82, 2.24) is 10.6 Å². The number of hydrogen-bond acceptors (Lipinski definition) is 5.